The molecule has 18 heavy (non-hydrogen) atoms. The fourth-order valence-corrected chi connectivity index (χ4v) is 2.03. The highest BCUT2D eigenvalue weighted by Gasteiger charge is 2.21. The minimum absolute atomic E-state index is 0.0537. The number of aliphatic hydroxyl groups excluding tert-OH is 1. The molecular formula is C11H21N5O2. The number of nitrogens with two attached hydrogens (primary N) is 1. The Morgan fingerprint density at radius 3 is 2.72 bits per heavy atom. The molecule has 0 saturated heterocycles. The first-order valence-corrected chi connectivity index (χ1v) is 5.94. The standard InChI is InChI=1S/C11H21N5O2/c1-4-16(6-5-7-17)11-9(10(12)14-18)8(2)13-15(11)3/h17-18H,4-7H2,1-3H3,(H2,12,14). The lowest BCUT2D eigenvalue weighted by Crippen LogP contribution is -2.29. The van der Waals surface area contributed by atoms with Gasteiger partial charge in [0.05, 0.1) is 11.3 Å². The molecule has 0 aromatic carbocycles. The van der Waals surface area contributed by atoms with Gasteiger partial charge in [-0.3, -0.25) is 4.68 Å². The molecular weight excluding hydrogens is 234 g/mol. The number of hydrogen-bond acceptors (Lipinski definition) is 5. The molecule has 4 N–H and O–H groups in total. The molecule has 0 aliphatic rings. The molecule has 0 aliphatic carbocycles. The molecule has 0 bridgehead atoms. The van der Waals surface area contributed by atoms with Gasteiger partial charge in [0.2, 0.25) is 0 Å². The molecule has 7 nitrogen and oxygen atoms in total. The predicted octanol–water partition coefficient (Wildman–Crippen LogP) is 0.0317. The van der Waals surface area contributed by atoms with E-state index in [1.54, 1.807) is 4.68 Å². The Morgan fingerprint density at radius 2 is 2.22 bits per heavy atom. The molecule has 1 rings (SSSR count). The molecule has 0 unspecified atom stereocenters. The van der Waals surface area contributed by atoms with Gasteiger partial charge in [-0.05, 0) is 20.3 Å². The summed E-state index contributed by atoms with van der Waals surface area (Å²) >= 11 is 0. The van der Waals surface area contributed by atoms with E-state index in [1.165, 1.54) is 0 Å². The summed E-state index contributed by atoms with van der Waals surface area (Å²) in [5.74, 6) is 0.858. The number of aryl methyl sites for hydroxylation is 2. The van der Waals surface area contributed by atoms with E-state index in [-0.39, 0.29) is 12.4 Å². The van der Waals surface area contributed by atoms with E-state index in [0.717, 1.165) is 12.4 Å². The number of amidine groups is 1. The number of aromatic nitrogens is 2. The average Bonchev–Trinajstić information content (AvgIpc) is 2.65. The summed E-state index contributed by atoms with van der Waals surface area (Å²) in [5, 5.41) is 25.1. The van der Waals surface area contributed by atoms with Crippen LogP contribution in [0.25, 0.3) is 0 Å². The van der Waals surface area contributed by atoms with Gasteiger partial charge in [-0.2, -0.15) is 5.10 Å². The third-order valence-electron chi connectivity index (χ3n) is 2.82. The topological polar surface area (TPSA) is 99.9 Å². The summed E-state index contributed by atoms with van der Waals surface area (Å²) in [5.41, 5.74) is 7.05. The summed E-state index contributed by atoms with van der Waals surface area (Å²) in [4.78, 5) is 2.05. The van der Waals surface area contributed by atoms with Crippen molar-refractivity contribution in [1.82, 2.24) is 9.78 Å². The van der Waals surface area contributed by atoms with Gasteiger partial charge in [0, 0.05) is 26.7 Å². The maximum Gasteiger partial charge on any atom is 0.175 e. The monoisotopic (exact) mass is 255 g/mol. The minimum Gasteiger partial charge on any atom is -0.409 e. The van der Waals surface area contributed by atoms with Gasteiger partial charge in [-0.15, -0.1) is 0 Å². The van der Waals surface area contributed by atoms with Gasteiger partial charge in [-0.25, -0.2) is 0 Å². The van der Waals surface area contributed by atoms with Crippen molar-refractivity contribution in [1.29, 1.82) is 0 Å². The summed E-state index contributed by atoms with van der Waals surface area (Å²) in [6, 6.07) is 0. The molecule has 0 atom stereocenters. The van der Waals surface area contributed by atoms with Gasteiger partial charge < -0.3 is 20.9 Å². The largest absolute Gasteiger partial charge is 0.409 e. The van der Waals surface area contributed by atoms with Crippen LogP contribution in [0.5, 0.6) is 0 Å². The maximum absolute atomic E-state index is 8.92. The fourth-order valence-electron chi connectivity index (χ4n) is 2.03. The highest BCUT2D eigenvalue weighted by molar-refractivity contribution is 6.02. The SMILES string of the molecule is CCN(CCCO)c1c(C(N)=NO)c(C)nn1C. The Hall–Kier alpha value is -1.76. The van der Waals surface area contributed by atoms with Crippen molar-refractivity contribution in [2.75, 3.05) is 24.6 Å². The van der Waals surface area contributed by atoms with E-state index in [4.69, 9.17) is 16.0 Å². The van der Waals surface area contributed by atoms with Gasteiger partial charge >= 0.3 is 0 Å². The van der Waals surface area contributed by atoms with E-state index in [0.29, 0.717) is 24.2 Å². The molecule has 1 aromatic rings. The molecule has 1 heterocycles. The Morgan fingerprint density at radius 1 is 1.56 bits per heavy atom. The predicted molar refractivity (Wildman–Crippen MR) is 70.0 cm³/mol. The Bertz CT molecular complexity index is 427. The number of rotatable bonds is 6. The molecule has 0 spiro atoms. The molecule has 0 saturated carbocycles. The van der Waals surface area contributed by atoms with Crippen LogP contribution in [0.2, 0.25) is 0 Å². The van der Waals surface area contributed by atoms with E-state index in [2.05, 4.69) is 10.3 Å². The first kappa shape index (κ1) is 14.3. The van der Waals surface area contributed by atoms with Gasteiger partial charge in [0.15, 0.2) is 5.84 Å². The third kappa shape index (κ3) is 2.73. The molecule has 1 aromatic heterocycles. The number of oxime groups is 1. The van der Waals surface area contributed by atoms with Crippen molar-refractivity contribution in [3.63, 3.8) is 0 Å². The quantitative estimate of drug-likeness (QED) is 0.288. The van der Waals surface area contributed by atoms with E-state index >= 15 is 0 Å². The zero-order valence-electron chi connectivity index (χ0n) is 11.1. The first-order valence-electron chi connectivity index (χ1n) is 5.94. The molecule has 0 amide bonds. The summed E-state index contributed by atoms with van der Waals surface area (Å²) < 4.78 is 1.71. The molecule has 0 aliphatic heterocycles. The van der Waals surface area contributed by atoms with Crippen molar-refractivity contribution in [3.8, 4) is 0 Å². The van der Waals surface area contributed by atoms with Crippen molar-refractivity contribution in [3.05, 3.63) is 11.3 Å². The third-order valence-corrected chi connectivity index (χ3v) is 2.82. The van der Waals surface area contributed by atoms with E-state index in [1.807, 2.05) is 25.8 Å². The van der Waals surface area contributed by atoms with Crippen molar-refractivity contribution in [2.45, 2.75) is 20.3 Å². The lowest BCUT2D eigenvalue weighted by molar-refractivity contribution is 0.289. The zero-order chi connectivity index (χ0) is 13.7. The Balaban J connectivity index is 3.20. The van der Waals surface area contributed by atoms with Crippen molar-refractivity contribution < 1.29 is 10.3 Å². The molecule has 0 fully saturated rings. The Kier molecular flexibility index (Phi) is 4.96. The summed E-state index contributed by atoms with van der Waals surface area (Å²) in [7, 11) is 1.82. The van der Waals surface area contributed by atoms with Gasteiger partial charge in [-0.1, -0.05) is 5.16 Å². The van der Waals surface area contributed by atoms with E-state index < -0.39 is 0 Å². The van der Waals surface area contributed by atoms with Crippen LogP contribution in [0, 0.1) is 6.92 Å². The van der Waals surface area contributed by atoms with Crippen molar-refractivity contribution in [2.24, 2.45) is 17.9 Å². The molecule has 0 radical (unpaired) electrons. The fraction of sp³-hybridized carbons (Fsp3) is 0.636. The minimum atomic E-state index is 0.0537. The maximum atomic E-state index is 8.92. The van der Waals surface area contributed by atoms with Crippen LogP contribution in [0.15, 0.2) is 5.16 Å². The second kappa shape index (κ2) is 6.25. The smallest absolute Gasteiger partial charge is 0.175 e. The second-order valence-electron chi connectivity index (χ2n) is 4.05. The average molecular weight is 255 g/mol. The van der Waals surface area contributed by atoms with Crippen LogP contribution in [0.1, 0.15) is 24.6 Å². The number of nitrogens with zero attached hydrogens (tertiary/aromatic N) is 4. The van der Waals surface area contributed by atoms with Gasteiger partial charge in [0.25, 0.3) is 0 Å². The van der Waals surface area contributed by atoms with Crippen LogP contribution >= 0.6 is 0 Å². The second-order valence-corrected chi connectivity index (χ2v) is 4.05. The lowest BCUT2D eigenvalue weighted by Gasteiger charge is -2.23. The molecule has 102 valence electrons. The number of anilines is 1. The summed E-state index contributed by atoms with van der Waals surface area (Å²) in [6.45, 7) is 5.40. The highest BCUT2D eigenvalue weighted by atomic mass is 16.4. The van der Waals surface area contributed by atoms with Crippen LogP contribution in [-0.4, -0.2) is 45.6 Å². The van der Waals surface area contributed by atoms with Crippen LogP contribution < -0.4 is 10.6 Å². The van der Waals surface area contributed by atoms with E-state index in [9.17, 15) is 0 Å². The first-order chi connectivity index (χ1) is 8.56. The highest BCUT2D eigenvalue weighted by Crippen LogP contribution is 2.23. The normalized spacial score (nSPS) is 11.9. The van der Waals surface area contributed by atoms with Gasteiger partial charge in [0.1, 0.15) is 5.82 Å². The van der Waals surface area contributed by atoms with Crippen LogP contribution in [-0.2, 0) is 7.05 Å². The Labute approximate surface area is 106 Å². The zero-order valence-corrected chi connectivity index (χ0v) is 11.1. The lowest BCUT2D eigenvalue weighted by atomic mass is 10.2. The van der Waals surface area contributed by atoms with Crippen molar-refractivity contribution >= 4 is 11.7 Å². The van der Waals surface area contributed by atoms with Crippen LogP contribution in [0.3, 0.4) is 0 Å². The summed E-state index contributed by atoms with van der Waals surface area (Å²) in [6.07, 6.45) is 0.660. The number of aliphatic hydroxyl groups is 1. The van der Waals surface area contributed by atoms with Crippen LogP contribution in [0.4, 0.5) is 5.82 Å². The molecule has 7 heteroatoms. The number of hydrogen-bond donors (Lipinski definition) is 3.